The van der Waals surface area contributed by atoms with Crippen LogP contribution in [0.5, 0.6) is 0 Å². The molecule has 1 saturated heterocycles. The van der Waals surface area contributed by atoms with E-state index in [9.17, 15) is 9.18 Å². The number of rotatable bonds is 4. The molecule has 0 saturated carbocycles. The molecule has 1 aromatic carbocycles. The number of nitrogens with zero attached hydrogens (tertiary/aromatic N) is 3. The molecule has 0 bridgehead atoms. The lowest BCUT2D eigenvalue weighted by atomic mass is 9.98. The second-order valence-electron chi connectivity index (χ2n) is 6.83. The molecule has 138 valence electrons. The van der Waals surface area contributed by atoms with Crippen molar-refractivity contribution in [3.8, 4) is 11.4 Å². The van der Waals surface area contributed by atoms with Crippen molar-refractivity contribution in [2.45, 2.75) is 31.8 Å². The summed E-state index contributed by atoms with van der Waals surface area (Å²) < 4.78 is 14.1. The van der Waals surface area contributed by atoms with Crippen LogP contribution in [0.25, 0.3) is 11.4 Å². The van der Waals surface area contributed by atoms with Gasteiger partial charge in [-0.2, -0.15) is 0 Å². The Morgan fingerprint density at radius 2 is 2.07 bits per heavy atom. The highest BCUT2D eigenvalue weighted by Crippen LogP contribution is 2.31. The lowest BCUT2D eigenvalue weighted by Crippen LogP contribution is -2.34. The number of pyridine rings is 1. The number of aromatic nitrogens is 3. The fraction of sp³-hybridized carbons (Fsp3) is 0.286. The molecule has 1 aliphatic heterocycles. The molecule has 1 atom stereocenters. The Kier molecular flexibility index (Phi) is 5.07. The van der Waals surface area contributed by atoms with Gasteiger partial charge in [-0.15, -0.1) is 0 Å². The molecule has 2 aromatic heterocycles. The summed E-state index contributed by atoms with van der Waals surface area (Å²) in [5, 5.41) is 0. The lowest BCUT2D eigenvalue weighted by molar-refractivity contribution is 0.135. The van der Waals surface area contributed by atoms with Crippen molar-refractivity contribution in [2.24, 2.45) is 0 Å². The Balaban J connectivity index is 1.67. The van der Waals surface area contributed by atoms with Gasteiger partial charge in [-0.25, -0.2) is 9.37 Å². The van der Waals surface area contributed by atoms with E-state index in [1.165, 1.54) is 6.07 Å². The molecular formula is C21H21FN4O. The fourth-order valence-corrected chi connectivity index (χ4v) is 3.65. The third kappa shape index (κ3) is 3.95. The van der Waals surface area contributed by atoms with Gasteiger partial charge in [0.15, 0.2) is 0 Å². The quantitative estimate of drug-likeness (QED) is 0.767. The average molecular weight is 364 g/mol. The summed E-state index contributed by atoms with van der Waals surface area (Å²) in [6.07, 6.45) is 6.39. The van der Waals surface area contributed by atoms with E-state index >= 15 is 0 Å². The summed E-state index contributed by atoms with van der Waals surface area (Å²) in [5.74, 6) is 0.318. The predicted octanol–water partition coefficient (Wildman–Crippen LogP) is 3.70. The van der Waals surface area contributed by atoms with Crippen molar-refractivity contribution in [3.63, 3.8) is 0 Å². The molecule has 4 rings (SSSR count). The van der Waals surface area contributed by atoms with Crippen LogP contribution in [0.2, 0.25) is 0 Å². The van der Waals surface area contributed by atoms with Crippen molar-refractivity contribution in [1.29, 1.82) is 0 Å². The number of likely N-dealkylation sites (tertiary alicyclic amines) is 1. The van der Waals surface area contributed by atoms with Gasteiger partial charge in [0, 0.05) is 36.1 Å². The van der Waals surface area contributed by atoms with Crippen LogP contribution < -0.4 is 5.56 Å². The van der Waals surface area contributed by atoms with Gasteiger partial charge in [0.2, 0.25) is 0 Å². The Morgan fingerprint density at radius 1 is 1.19 bits per heavy atom. The molecule has 1 N–H and O–H groups in total. The number of nitrogens with one attached hydrogen (secondary N) is 1. The van der Waals surface area contributed by atoms with Crippen LogP contribution in [-0.2, 0) is 6.54 Å². The molecule has 1 fully saturated rings. The van der Waals surface area contributed by atoms with Gasteiger partial charge in [-0.05, 0) is 37.6 Å². The number of halogens is 1. The molecule has 0 aliphatic carbocycles. The summed E-state index contributed by atoms with van der Waals surface area (Å²) in [5.41, 5.74) is 1.98. The minimum Gasteiger partial charge on any atom is -0.306 e. The van der Waals surface area contributed by atoms with E-state index in [0.29, 0.717) is 17.9 Å². The molecule has 0 amide bonds. The normalized spacial score (nSPS) is 17.7. The fourth-order valence-electron chi connectivity index (χ4n) is 3.65. The summed E-state index contributed by atoms with van der Waals surface area (Å²) in [7, 11) is 0. The number of hydrogen-bond acceptors (Lipinski definition) is 4. The third-order valence-electron chi connectivity index (χ3n) is 4.98. The van der Waals surface area contributed by atoms with Crippen LogP contribution in [-0.4, -0.2) is 26.4 Å². The van der Waals surface area contributed by atoms with Crippen molar-refractivity contribution in [3.05, 3.63) is 82.3 Å². The molecule has 0 unspecified atom stereocenters. The van der Waals surface area contributed by atoms with Gasteiger partial charge in [-0.3, -0.25) is 14.7 Å². The Labute approximate surface area is 156 Å². The number of H-pyrrole nitrogens is 1. The van der Waals surface area contributed by atoms with Crippen LogP contribution >= 0.6 is 0 Å². The second-order valence-corrected chi connectivity index (χ2v) is 6.83. The zero-order valence-electron chi connectivity index (χ0n) is 14.9. The number of benzene rings is 1. The van der Waals surface area contributed by atoms with E-state index in [1.54, 1.807) is 24.5 Å². The zero-order chi connectivity index (χ0) is 18.6. The highest BCUT2D eigenvalue weighted by atomic mass is 19.1. The monoisotopic (exact) mass is 364 g/mol. The maximum absolute atomic E-state index is 14.1. The first-order chi connectivity index (χ1) is 13.2. The molecule has 6 heteroatoms. The molecule has 27 heavy (non-hydrogen) atoms. The van der Waals surface area contributed by atoms with Gasteiger partial charge in [-0.1, -0.05) is 24.6 Å². The van der Waals surface area contributed by atoms with Crippen LogP contribution in [0.1, 0.15) is 36.6 Å². The first-order valence-electron chi connectivity index (χ1n) is 9.20. The molecule has 3 aromatic rings. The van der Waals surface area contributed by atoms with Gasteiger partial charge < -0.3 is 4.98 Å². The average Bonchev–Trinajstić information content (AvgIpc) is 2.70. The summed E-state index contributed by atoms with van der Waals surface area (Å²) in [4.78, 5) is 26.1. The molecule has 3 heterocycles. The van der Waals surface area contributed by atoms with Crippen LogP contribution in [0.3, 0.4) is 0 Å². The van der Waals surface area contributed by atoms with Crippen LogP contribution in [0, 0.1) is 5.82 Å². The van der Waals surface area contributed by atoms with Gasteiger partial charge in [0.25, 0.3) is 5.56 Å². The van der Waals surface area contributed by atoms with Crippen molar-refractivity contribution >= 4 is 0 Å². The molecule has 5 nitrogen and oxygen atoms in total. The zero-order valence-corrected chi connectivity index (χ0v) is 14.9. The molecule has 0 spiro atoms. The predicted molar refractivity (Wildman–Crippen MR) is 101 cm³/mol. The summed E-state index contributed by atoms with van der Waals surface area (Å²) in [6, 6.07) is 12.1. The topological polar surface area (TPSA) is 61.9 Å². The van der Waals surface area contributed by atoms with Crippen molar-refractivity contribution in [2.75, 3.05) is 6.54 Å². The Hall–Kier alpha value is -2.86. The number of hydrogen-bond donors (Lipinski definition) is 1. The number of aromatic amines is 1. The smallest absolute Gasteiger partial charge is 0.251 e. The maximum Gasteiger partial charge on any atom is 0.251 e. The van der Waals surface area contributed by atoms with Gasteiger partial charge in [0.1, 0.15) is 11.6 Å². The highest BCUT2D eigenvalue weighted by Gasteiger charge is 2.26. The van der Waals surface area contributed by atoms with E-state index < -0.39 is 0 Å². The standard InChI is InChI=1S/C21H21FN4O/c22-17-8-2-1-6-16(17)14-26-11-4-3-9-19(26)18-12-20(27)25-21(24-18)15-7-5-10-23-13-15/h1-2,5-8,10,12-13,19H,3-4,9,11,14H2,(H,24,25,27)/t19-/m1/s1. The maximum atomic E-state index is 14.1. The van der Waals surface area contributed by atoms with E-state index in [-0.39, 0.29) is 17.4 Å². The largest absolute Gasteiger partial charge is 0.306 e. The van der Waals surface area contributed by atoms with Gasteiger partial charge >= 0.3 is 0 Å². The van der Waals surface area contributed by atoms with Crippen LogP contribution in [0.4, 0.5) is 4.39 Å². The van der Waals surface area contributed by atoms with E-state index in [0.717, 1.165) is 37.1 Å². The molecule has 1 aliphatic rings. The first-order valence-corrected chi connectivity index (χ1v) is 9.20. The minimum absolute atomic E-state index is 0.00363. The first kappa shape index (κ1) is 17.5. The Bertz CT molecular complexity index is 973. The van der Waals surface area contributed by atoms with E-state index in [4.69, 9.17) is 4.98 Å². The second kappa shape index (κ2) is 7.80. The molecular weight excluding hydrogens is 343 g/mol. The van der Waals surface area contributed by atoms with Crippen LogP contribution in [0.15, 0.2) is 59.7 Å². The SMILES string of the molecule is O=c1cc([C@H]2CCCCN2Cc2ccccc2F)nc(-c2cccnc2)[nH]1. The third-order valence-corrected chi connectivity index (χ3v) is 4.98. The molecule has 0 radical (unpaired) electrons. The van der Waals surface area contributed by atoms with E-state index in [2.05, 4.69) is 14.9 Å². The Morgan fingerprint density at radius 3 is 2.89 bits per heavy atom. The van der Waals surface area contributed by atoms with Crippen molar-refractivity contribution in [1.82, 2.24) is 19.9 Å². The lowest BCUT2D eigenvalue weighted by Gasteiger charge is -2.35. The van der Waals surface area contributed by atoms with E-state index in [1.807, 2.05) is 24.3 Å². The highest BCUT2D eigenvalue weighted by molar-refractivity contribution is 5.52. The summed E-state index contributed by atoms with van der Waals surface area (Å²) >= 11 is 0. The van der Waals surface area contributed by atoms with Crippen molar-refractivity contribution < 1.29 is 4.39 Å². The minimum atomic E-state index is -0.197. The van der Waals surface area contributed by atoms with Gasteiger partial charge in [0.05, 0.1) is 11.7 Å². The number of piperidine rings is 1. The summed E-state index contributed by atoms with van der Waals surface area (Å²) in [6.45, 7) is 1.36.